The summed E-state index contributed by atoms with van der Waals surface area (Å²) in [5.74, 6) is -0.158. The maximum absolute atomic E-state index is 12.2. The number of methoxy groups -OCH3 is 1. The predicted molar refractivity (Wildman–Crippen MR) is 85.2 cm³/mol. The fourth-order valence-electron chi connectivity index (χ4n) is 2.04. The Hall–Kier alpha value is -1.69. The minimum absolute atomic E-state index is 0.158. The molecule has 0 bridgehead atoms. The summed E-state index contributed by atoms with van der Waals surface area (Å²) in [5.41, 5.74) is 6.94. The fourth-order valence-corrected chi connectivity index (χ4v) is 2.85. The van der Waals surface area contributed by atoms with Gasteiger partial charge >= 0.3 is 0 Å². The number of carbonyl (C=O) groups excluding carboxylic acids is 1. The molecule has 21 heavy (non-hydrogen) atoms. The number of hydrogen-bond donors (Lipinski definition) is 2. The molecule has 0 saturated heterocycles. The number of nitrogens with two attached hydrogens (primary N) is 1. The smallest absolute Gasteiger partial charge is 0.237 e. The minimum Gasteiger partial charge on any atom is -0.385 e. The van der Waals surface area contributed by atoms with Crippen LogP contribution in [-0.2, 0) is 9.53 Å². The minimum atomic E-state index is -0.559. The fraction of sp³-hybridized carbons (Fsp3) is 0.312. The highest BCUT2D eigenvalue weighted by Crippen LogP contribution is 2.25. The SMILES string of the molecule is COCCC(N)C(=O)NC(c1ccccc1)c1cccs1. The lowest BCUT2D eigenvalue weighted by molar-refractivity contribution is -0.123. The summed E-state index contributed by atoms with van der Waals surface area (Å²) < 4.78 is 4.97. The molecule has 1 aromatic heterocycles. The molecule has 5 heteroatoms. The van der Waals surface area contributed by atoms with Crippen molar-refractivity contribution >= 4 is 17.2 Å². The van der Waals surface area contributed by atoms with Gasteiger partial charge in [-0.3, -0.25) is 4.79 Å². The molecule has 4 nitrogen and oxygen atoms in total. The van der Waals surface area contributed by atoms with Gasteiger partial charge in [0.05, 0.1) is 12.1 Å². The van der Waals surface area contributed by atoms with E-state index in [4.69, 9.17) is 10.5 Å². The molecular formula is C16H20N2O2S. The summed E-state index contributed by atoms with van der Waals surface area (Å²) in [7, 11) is 1.60. The van der Waals surface area contributed by atoms with Gasteiger partial charge in [-0.15, -0.1) is 11.3 Å². The maximum Gasteiger partial charge on any atom is 0.237 e. The summed E-state index contributed by atoms with van der Waals surface area (Å²) in [5, 5.41) is 5.04. The van der Waals surface area contributed by atoms with Crippen molar-refractivity contribution in [2.24, 2.45) is 5.73 Å². The van der Waals surface area contributed by atoms with Crippen molar-refractivity contribution in [2.45, 2.75) is 18.5 Å². The molecule has 2 aromatic rings. The van der Waals surface area contributed by atoms with Gasteiger partial charge in [0.2, 0.25) is 5.91 Å². The van der Waals surface area contributed by atoms with Gasteiger partial charge < -0.3 is 15.8 Å². The van der Waals surface area contributed by atoms with E-state index < -0.39 is 6.04 Å². The van der Waals surface area contributed by atoms with Crippen LogP contribution in [0.4, 0.5) is 0 Å². The number of carbonyl (C=O) groups is 1. The highest BCUT2D eigenvalue weighted by Gasteiger charge is 2.21. The van der Waals surface area contributed by atoms with Crippen molar-refractivity contribution in [3.8, 4) is 0 Å². The molecular weight excluding hydrogens is 284 g/mol. The number of amides is 1. The monoisotopic (exact) mass is 304 g/mol. The number of thiophene rings is 1. The van der Waals surface area contributed by atoms with Gasteiger partial charge in [0.15, 0.2) is 0 Å². The second kappa shape index (κ2) is 7.93. The standard InChI is InChI=1S/C16H20N2O2S/c1-20-10-9-13(17)16(19)18-15(14-8-5-11-21-14)12-6-3-2-4-7-12/h2-8,11,13,15H,9-10,17H2,1H3,(H,18,19). The lowest BCUT2D eigenvalue weighted by atomic mass is 10.0. The Balaban J connectivity index is 2.12. The number of nitrogens with one attached hydrogen (secondary N) is 1. The highest BCUT2D eigenvalue weighted by molar-refractivity contribution is 7.10. The van der Waals surface area contributed by atoms with Crippen LogP contribution in [0.2, 0.25) is 0 Å². The zero-order valence-electron chi connectivity index (χ0n) is 12.0. The Morgan fingerprint density at radius 3 is 2.67 bits per heavy atom. The van der Waals surface area contributed by atoms with Crippen LogP contribution in [0.3, 0.4) is 0 Å². The Morgan fingerprint density at radius 1 is 1.29 bits per heavy atom. The van der Waals surface area contributed by atoms with Crippen molar-refractivity contribution in [1.82, 2.24) is 5.32 Å². The highest BCUT2D eigenvalue weighted by atomic mass is 32.1. The van der Waals surface area contributed by atoms with E-state index in [0.717, 1.165) is 10.4 Å². The average Bonchev–Trinajstić information content (AvgIpc) is 3.04. The molecule has 0 radical (unpaired) electrons. The van der Waals surface area contributed by atoms with Crippen LogP contribution >= 0.6 is 11.3 Å². The molecule has 1 amide bonds. The van der Waals surface area contributed by atoms with Crippen molar-refractivity contribution in [3.63, 3.8) is 0 Å². The van der Waals surface area contributed by atoms with E-state index in [1.807, 2.05) is 47.8 Å². The van der Waals surface area contributed by atoms with Gasteiger partial charge in [-0.2, -0.15) is 0 Å². The Kier molecular flexibility index (Phi) is 5.92. The first kappa shape index (κ1) is 15.7. The molecule has 1 heterocycles. The van der Waals surface area contributed by atoms with E-state index in [-0.39, 0.29) is 11.9 Å². The van der Waals surface area contributed by atoms with E-state index >= 15 is 0 Å². The molecule has 0 aliphatic rings. The van der Waals surface area contributed by atoms with E-state index in [2.05, 4.69) is 5.32 Å². The van der Waals surface area contributed by atoms with Crippen molar-refractivity contribution in [3.05, 3.63) is 58.3 Å². The Morgan fingerprint density at radius 2 is 2.05 bits per heavy atom. The molecule has 2 rings (SSSR count). The number of benzene rings is 1. The van der Waals surface area contributed by atoms with Gasteiger partial charge in [0, 0.05) is 18.6 Å². The number of hydrogen-bond acceptors (Lipinski definition) is 4. The summed E-state index contributed by atoms with van der Waals surface area (Å²) in [6, 6.07) is 13.2. The van der Waals surface area contributed by atoms with Crippen LogP contribution in [0.5, 0.6) is 0 Å². The molecule has 2 atom stereocenters. The van der Waals surface area contributed by atoms with E-state index in [1.54, 1.807) is 18.4 Å². The molecule has 0 saturated carbocycles. The molecule has 1 aromatic carbocycles. The van der Waals surface area contributed by atoms with Gasteiger partial charge in [-0.05, 0) is 23.4 Å². The normalized spacial score (nSPS) is 13.6. The van der Waals surface area contributed by atoms with Crippen LogP contribution in [0.15, 0.2) is 47.8 Å². The van der Waals surface area contributed by atoms with Crippen molar-refractivity contribution in [1.29, 1.82) is 0 Å². The van der Waals surface area contributed by atoms with Crippen LogP contribution < -0.4 is 11.1 Å². The topological polar surface area (TPSA) is 64.3 Å². The zero-order chi connectivity index (χ0) is 15.1. The van der Waals surface area contributed by atoms with E-state index in [1.165, 1.54) is 0 Å². The van der Waals surface area contributed by atoms with Gasteiger partial charge in [0.1, 0.15) is 0 Å². The maximum atomic E-state index is 12.2. The quantitative estimate of drug-likeness (QED) is 0.825. The first-order valence-corrected chi connectivity index (χ1v) is 7.73. The van der Waals surface area contributed by atoms with Crippen LogP contribution in [-0.4, -0.2) is 25.7 Å². The van der Waals surface area contributed by atoms with Gasteiger partial charge in [-0.1, -0.05) is 36.4 Å². The third kappa shape index (κ3) is 4.39. The van der Waals surface area contributed by atoms with Gasteiger partial charge in [0.25, 0.3) is 0 Å². The largest absolute Gasteiger partial charge is 0.385 e. The summed E-state index contributed by atoms with van der Waals surface area (Å²) in [4.78, 5) is 13.3. The molecule has 3 N–H and O–H groups in total. The second-order valence-corrected chi connectivity index (χ2v) is 5.73. The third-order valence-electron chi connectivity index (χ3n) is 3.22. The Labute approximate surface area is 128 Å². The first-order valence-electron chi connectivity index (χ1n) is 6.85. The molecule has 112 valence electrons. The van der Waals surface area contributed by atoms with Crippen LogP contribution in [0.1, 0.15) is 22.9 Å². The second-order valence-electron chi connectivity index (χ2n) is 4.76. The van der Waals surface area contributed by atoms with Crippen LogP contribution in [0, 0.1) is 0 Å². The summed E-state index contributed by atoms with van der Waals surface area (Å²) in [6.07, 6.45) is 0.508. The predicted octanol–water partition coefficient (Wildman–Crippen LogP) is 2.32. The molecule has 0 fully saturated rings. The molecule has 0 aliphatic carbocycles. The van der Waals surface area contributed by atoms with E-state index in [9.17, 15) is 4.79 Å². The Bertz CT molecular complexity index is 543. The molecule has 2 unspecified atom stereocenters. The number of rotatable bonds is 7. The summed E-state index contributed by atoms with van der Waals surface area (Å²) in [6.45, 7) is 0.476. The van der Waals surface area contributed by atoms with Crippen molar-refractivity contribution < 1.29 is 9.53 Å². The molecule has 0 aliphatic heterocycles. The van der Waals surface area contributed by atoms with Crippen molar-refractivity contribution in [2.75, 3.05) is 13.7 Å². The lowest BCUT2D eigenvalue weighted by Gasteiger charge is -2.20. The van der Waals surface area contributed by atoms with E-state index in [0.29, 0.717) is 13.0 Å². The first-order chi connectivity index (χ1) is 10.2. The number of ether oxygens (including phenoxy) is 1. The summed E-state index contributed by atoms with van der Waals surface area (Å²) >= 11 is 1.62. The lowest BCUT2D eigenvalue weighted by Crippen LogP contribution is -2.42. The van der Waals surface area contributed by atoms with Gasteiger partial charge in [-0.25, -0.2) is 0 Å². The zero-order valence-corrected chi connectivity index (χ0v) is 12.8. The van der Waals surface area contributed by atoms with Crippen LogP contribution in [0.25, 0.3) is 0 Å². The third-order valence-corrected chi connectivity index (χ3v) is 4.15. The molecule has 0 spiro atoms. The average molecular weight is 304 g/mol.